The van der Waals surface area contributed by atoms with E-state index < -0.39 is 10.0 Å². The Balaban J connectivity index is 0.00000341. The fraction of sp³-hybridized carbons (Fsp3) is 0.409. The zero-order chi connectivity index (χ0) is 21.9. The van der Waals surface area contributed by atoms with Crippen molar-refractivity contribution in [3.8, 4) is 0 Å². The first kappa shape index (κ1) is 25.6. The van der Waals surface area contributed by atoms with Gasteiger partial charge in [-0.15, -0.1) is 12.4 Å². The lowest BCUT2D eigenvalue weighted by Crippen LogP contribution is -2.42. The quantitative estimate of drug-likeness (QED) is 0.569. The Morgan fingerprint density at radius 1 is 1.13 bits per heavy atom. The minimum absolute atomic E-state index is 0. The largest absolute Gasteiger partial charge is 0.320 e. The average molecular weight is 486 g/mol. The van der Waals surface area contributed by atoms with Crippen LogP contribution < -0.4 is 15.4 Å². The first-order valence-electron chi connectivity index (χ1n) is 10.1. The topological polar surface area (TPSA) is 87.3 Å². The van der Waals surface area contributed by atoms with E-state index in [1.807, 2.05) is 26.0 Å². The second-order valence-electron chi connectivity index (χ2n) is 7.86. The van der Waals surface area contributed by atoms with Gasteiger partial charge in [0, 0.05) is 11.6 Å². The molecule has 0 spiro atoms. The van der Waals surface area contributed by atoms with Crippen molar-refractivity contribution in [2.45, 2.75) is 44.6 Å². The van der Waals surface area contributed by atoms with Crippen molar-refractivity contribution in [1.29, 1.82) is 0 Å². The Bertz CT molecular complexity index is 1020. The van der Waals surface area contributed by atoms with Crippen LogP contribution in [-0.2, 0) is 10.0 Å². The number of piperidine rings is 1. The Hall–Kier alpha value is -1.64. The summed E-state index contributed by atoms with van der Waals surface area (Å²) < 4.78 is 28.6. The number of sulfonamides is 1. The van der Waals surface area contributed by atoms with Gasteiger partial charge in [-0.2, -0.15) is 0 Å². The molecule has 0 bridgehead atoms. The molecule has 9 heteroatoms. The van der Waals surface area contributed by atoms with E-state index in [0.29, 0.717) is 22.7 Å². The van der Waals surface area contributed by atoms with Gasteiger partial charge in [0.15, 0.2) is 0 Å². The van der Waals surface area contributed by atoms with E-state index in [2.05, 4.69) is 15.4 Å². The van der Waals surface area contributed by atoms with Crippen LogP contribution in [0, 0.1) is 19.8 Å². The van der Waals surface area contributed by atoms with E-state index >= 15 is 0 Å². The number of carbonyl (C=O) groups is 1. The number of carbonyl (C=O) groups excluding carboxylic acids is 1. The molecule has 2 aromatic carbocycles. The lowest BCUT2D eigenvalue weighted by Gasteiger charge is -2.28. The Morgan fingerprint density at radius 3 is 2.39 bits per heavy atom. The summed E-state index contributed by atoms with van der Waals surface area (Å²) in [6, 6.07) is 10.0. The maximum absolute atomic E-state index is 12.9. The van der Waals surface area contributed by atoms with Crippen LogP contribution >= 0.6 is 24.0 Å². The van der Waals surface area contributed by atoms with Crippen LogP contribution in [-0.4, -0.2) is 33.5 Å². The first-order chi connectivity index (χ1) is 14.2. The highest BCUT2D eigenvalue weighted by Gasteiger charge is 2.26. The molecule has 170 valence electrons. The minimum Gasteiger partial charge on any atom is -0.320 e. The van der Waals surface area contributed by atoms with Gasteiger partial charge in [0.25, 0.3) is 5.91 Å². The number of rotatable bonds is 6. The molecule has 0 aromatic heterocycles. The fourth-order valence-corrected chi connectivity index (χ4v) is 5.59. The normalized spacial score (nSPS) is 15.7. The summed E-state index contributed by atoms with van der Waals surface area (Å²) in [6.45, 7) is 7.29. The summed E-state index contributed by atoms with van der Waals surface area (Å²) in [6.07, 6.45) is 1.88. The molecule has 3 N–H and O–H groups in total. The maximum atomic E-state index is 12.9. The van der Waals surface area contributed by atoms with E-state index in [1.165, 1.54) is 12.1 Å². The van der Waals surface area contributed by atoms with Gasteiger partial charge in [0.1, 0.15) is 0 Å². The van der Waals surface area contributed by atoms with Crippen molar-refractivity contribution in [3.05, 3.63) is 58.1 Å². The predicted molar refractivity (Wildman–Crippen MR) is 128 cm³/mol. The summed E-state index contributed by atoms with van der Waals surface area (Å²) in [7, 11) is -3.73. The van der Waals surface area contributed by atoms with Crippen molar-refractivity contribution < 1.29 is 13.2 Å². The van der Waals surface area contributed by atoms with Gasteiger partial charge < -0.3 is 10.6 Å². The molecule has 1 atom stereocenters. The minimum atomic E-state index is -3.73. The van der Waals surface area contributed by atoms with Crippen molar-refractivity contribution in [3.63, 3.8) is 0 Å². The molecule has 1 fully saturated rings. The SMILES string of the molecule is Cc1ccccc1C(=O)Nc1c(C)cc(S(=O)(=O)N[C@H](C)C2CCNCC2)cc1Cl.Cl. The third-order valence-corrected chi connectivity index (χ3v) is 7.47. The zero-order valence-electron chi connectivity index (χ0n) is 17.9. The summed E-state index contributed by atoms with van der Waals surface area (Å²) in [4.78, 5) is 12.7. The molecular weight excluding hydrogens is 457 g/mol. The zero-order valence-corrected chi connectivity index (χ0v) is 20.3. The maximum Gasteiger partial charge on any atom is 0.255 e. The lowest BCUT2D eigenvalue weighted by molar-refractivity contribution is 0.102. The molecule has 0 unspecified atom stereocenters. The van der Waals surface area contributed by atoms with E-state index in [0.717, 1.165) is 31.5 Å². The number of halogens is 2. The van der Waals surface area contributed by atoms with Crippen LogP contribution in [0.5, 0.6) is 0 Å². The second-order valence-corrected chi connectivity index (χ2v) is 9.98. The number of anilines is 1. The number of aryl methyl sites for hydroxylation is 2. The number of hydrogen-bond acceptors (Lipinski definition) is 4. The lowest BCUT2D eigenvalue weighted by atomic mass is 9.92. The van der Waals surface area contributed by atoms with Gasteiger partial charge in [-0.05, 0) is 81.9 Å². The molecule has 2 aromatic rings. The molecule has 1 heterocycles. The average Bonchev–Trinajstić information content (AvgIpc) is 2.71. The Morgan fingerprint density at radius 2 is 1.77 bits per heavy atom. The van der Waals surface area contributed by atoms with Crippen LogP contribution in [0.1, 0.15) is 41.3 Å². The van der Waals surface area contributed by atoms with Crippen molar-refractivity contribution in [2.24, 2.45) is 5.92 Å². The predicted octanol–water partition coefficient (Wildman–Crippen LogP) is 4.30. The molecule has 6 nitrogen and oxygen atoms in total. The smallest absolute Gasteiger partial charge is 0.255 e. The number of benzene rings is 2. The highest BCUT2D eigenvalue weighted by Crippen LogP contribution is 2.30. The number of hydrogen-bond donors (Lipinski definition) is 3. The number of nitrogens with one attached hydrogen (secondary N) is 3. The standard InChI is InChI=1S/C22H28ClN3O3S.ClH/c1-14-6-4-5-7-19(14)22(27)25-21-15(2)12-18(13-20(21)23)30(28,29)26-16(3)17-8-10-24-11-9-17;/h4-7,12-13,16-17,24,26H,8-11H2,1-3H3,(H,25,27);1H/t16-;/m1./s1. The Kier molecular flexibility index (Phi) is 8.92. The molecule has 31 heavy (non-hydrogen) atoms. The first-order valence-corrected chi connectivity index (χ1v) is 12.0. The summed E-state index contributed by atoms with van der Waals surface area (Å²) >= 11 is 6.38. The van der Waals surface area contributed by atoms with E-state index in [1.54, 1.807) is 19.1 Å². The van der Waals surface area contributed by atoms with Gasteiger partial charge in [0.05, 0.1) is 15.6 Å². The van der Waals surface area contributed by atoms with E-state index in [9.17, 15) is 13.2 Å². The van der Waals surface area contributed by atoms with Crippen molar-refractivity contribution >= 4 is 45.6 Å². The molecule has 0 saturated carbocycles. The summed E-state index contributed by atoms with van der Waals surface area (Å²) in [5.41, 5.74) is 2.39. The molecule has 3 rings (SSSR count). The van der Waals surface area contributed by atoms with Gasteiger partial charge in [-0.3, -0.25) is 4.79 Å². The van der Waals surface area contributed by atoms with Crippen LogP contribution in [0.3, 0.4) is 0 Å². The highest BCUT2D eigenvalue weighted by molar-refractivity contribution is 7.89. The molecular formula is C22H29Cl2N3O3S. The van der Waals surface area contributed by atoms with Crippen LogP contribution in [0.4, 0.5) is 5.69 Å². The fourth-order valence-electron chi connectivity index (χ4n) is 3.79. The second kappa shape index (κ2) is 10.8. The highest BCUT2D eigenvalue weighted by atomic mass is 35.5. The van der Waals surface area contributed by atoms with Gasteiger partial charge >= 0.3 is 0 Å². The molecule has 1 saturated heterocycles. The molecule has 1 amide bonds. The van der Waals surface area contributed by atoms with Crippen molar-refractivity contribution in [1.82, 2.24) is 10.0 Å². The molecule has 1 aliphatic heterocycles. The summed E-state index contributed by atoms with van der Waals surface area (Å²) in [5.74, 6) is 0.0108. The van der Waals surface area contributed by atoms with Crippen LogP contribution in [0.15, 0.2) is 41.3 Å². The molecule has 0 radical (unpaired) electrons. The van der Waals surface area contributed by atoms with Gasteiger partial charge in [-0.1, -0.05) is 29.8 Å². The van der Waals surface area contributed by atoms with Gasteiger partial charge in [0.2, 0.25) is 10.0 Å². The molecule has 0 aliphatic carbocycles. The van der Waals surface area contributed by atoms with E-state index in [4.69, 9.17) is 11.6 Å². The van der Waals surface area contributed by atoms with E-state index in [-0.39, 0.29) is 34.3 Å². The van der Waals surface area contributed by atoms with Crippen LogP contribution in [0.2, 0.25) is 5.02 Å². The third-order valence-electron chi connectivity index (χ3n) is 5.63. The molecule has 1 aliphatic rings. The third kappa shape index (κ3) is 6.20. The van der Waals surface area contributed by atoms with Crippen LogP contribution in [0.25, 0.3) is 0 Å². The monoisotopic (exact) mass is 485 g/mol. The summed E-state index contributed by atoms with van der Waals surface area (Å²) in [5, 5.41) is 6.29. The van der Waals surface area contributed by atoms with Gasteiger partial charge in [-0.25, -0.2) is 13.1 Å². The Labute approximate surface area is 195 Å². The number of amides is 1. The van der Waals surface area contributed by atoms with Crippen molar-refractivity contribution in [2.75, 3.05) is 18.4 Å².